The Kier molecular flexibility index (Phi) is 2.06. The van der Waals surface area contributed by atoms with E-state index >= 15 is 0 Å². The fraction of sp³-hybridized carbons (Fsp3) is 0.111. The number of aromatic nitrogens is 2. The van der Waals surface area contributed by atoms with Crippen molar-refractivity contribution in [3.63, 3.8) is 0 Å². The van der Waals surface area contributed by atoms with Crippen molar-refractivity contribution in [3.05, 3.63) is 46.4 Å². The second-order valence-electron chi connectivity index (χ2n) is 2.88. The van der Waals surface area contributed by atoms with E-state index in [1.54, 1.807) is 12.3 Å². The zero-order chi connectivity index (χ0) is 9.97. The van der Waals surface area contributed by atoms with Crippen LogP contribution in [0.25, 0.3) is 0 Å². The molecule has 2 aromatic rings. The SMILES string of the molecule is Nc1[nH]c(=O)ncc1Cc1ccco1. The van der Waals surface area contributed by atoms with Crippen LogP contribution in [0.15, 0.2) is 33.8 Å². The molecule has 2 heterocycles. The number of H-pyrrole nitrogens is 1. The van der Waals surface area contributed by atoms with Crippen LogP contribution in [0.1, 0.15) is 11.3 Å². The van der Waals surface area contributed by atoms with E-state index in [2.05, 4.69) is 9.97 Å². The van der Waals surface area contributed by atoms with Crippen LogP contribution in [0, 0.1) is 0 Å². The molecule has 0 amide bonds. The molecule has 0 bridgehead atoms. The van der Waals surface area contributed by atoms with E-state index in [1.165, 1.54) is 6.20 Å². The lowest BCUT2D eigenvalue weighted by Gasteiger charge is -2.00. The second kappa shape index (κ2) is 3.37. The van der Waals surface area contributed by atoms with Gasteiger partial charge in [0.2, 0.25) is 0 Å². The van der Waals surface area contributed by atoms with Crippen LogP contribution in [0.3, 0.4) is 0 Å². The summed E-state index contributed by atoms with van der Waals surface area (Å²) in [5, 5.41) is 0. The highest BCUT2D eigenvalue weighted by Gasteiger charge is 2.03. The molecule has 0 spiro atoms. The number of nitrogen functional groups attached to an aromatic ring is 1. The van der Waals surface area contributed by atoms with Crippen molar-refractivity contribution in [1.82, 2.24) is 9.97 Å². The summed E-state index contributed by atoms with van der Waals surface area (Å²) in [6, 6.07) is 3.63. The predicted molar refractivity (Wildman–Crippen MR) is 50.8 cm³/mol. The van der Waals surface area contributed by atoms with Crippen molar-refractivity contribution in [3.8, 4) is 0 Å². The fourth-order valence-corrected chi connectivity index (χ4v) is 1.18. The second-order valence-corrected chi connectivity index (χ2v) is 2.88. The first-order chi connectivity index (χ1) is 6.75. The summed E-state index contributed by atoms with van der Waals surface area (Å²) in [4.78, 5) is 16.8. The molecule has 0 atom stereocenters. The largest absolute Gasteiger partial charge is 0.469 e. The monoisotopic (exact) mass is 191 g/mol. The highest BCUT2D eigenvalue weighted by Crippen LogP contribution is 2.11. The summed E-state index contributed by atoms with van der Waals surface area (Å²) >= 11 is 0. The van der Waals surface area contributed by atoms with Crippen LogP contribution in [0.2, 0.25) is 0 Å². The molecule has 5 nitrogen and oxygen atoms in total. The third-order valence-electron chi connectivity index (χ3n) is 1.87. The number of nitrogens with two attached hydrogens (primary N) is 1. The van der Waals surface area contributed by atoms with Gasteiger partial charge in [-0.05, 0) is 12.1 Å². The van der Waals surface area contributed by atoms with Gasteiger partial charge in [0.15, 0.2) is 0 Å². The molecule has 0 aliphatic carbocycles. The van der Waals surface area contributed by atoms with Gasteiger partial charge in [-0.1, -0.05) is 0 Å². The zero-order valence-electron chi connectivity index (χ0n) is 7.36. The maximum absolute atomic E-state index is 10.8. The van der Waals surface area contributed by atoms with Crippen LogP contribution < -0.4 is 11.4 Å². The van der Waals surface area contributed by atoms with Gasteiger partial charge in [0.1, 0.15) is 11.6 Å². The number of aromatic amines is 1. The summed E-state index contributed by atoms with van der Waals surface area (Å²) < 4.78 is 5.15. The van der Waals surface area contributed by atoms with Crippen molar-refractivity contribution in [2.45, 2.75) is 6.42 Å². The molecule has 3 N–H and O–H groups in total. The van der Waals surface area contributed by atoms with Crippen LogP contribution in [-0.2, 0) is 6.42 Å². The smallest absolute Gasteiger partial charge is 0.346 e. The molecule has 0 aromatic carbocycles. The lowest BCUT2D eigenvalue weighted by atomic mass is 10.2. The minimum Gasteiger partial charge on any atom is -0.469 e. The van der Waals surface area contributed by atoms with E-state index in [0.29, 0.717) is 12.2 Å². The van der Waals surface area contributed by atoms with Gasteiger partial charge in [-0.3, -0.25) is 4.98 Å². The first-order valence-electron chi connectivity index (χ1n) is 4.12. The van der Waals surface area contributed by atoms with Gasteiger partial charge in [-0.2, -0.15) is 0 Å². The molecule has 0 aliphatic rings. The third kappa shape index (κ3) is 1.66. The highest BCUT2D eigenvalue weighted by atomic mass is 16.3. The van der Waals surface area contributed by atoms with Gasteiger partial charge in [-0.15, -0.1) is 0 Å². The molecule has 72 valence electrons. The summed E-state index contributed by atoms with van der Waals surface area (Å²) in [6.07, 6.45) is 3.57. The summed E-state index contributed by atoms with van der Waals surface area (Å²) in [6.45, 7) is 0. The Bertz CT molecular complexity index is 473. The van der Waals surface area contributed by atoms with Gasteiger partial charge in [-0.25, -0.2) is 9.78 Å². The molecule has 0 saturated heterocycles. The molecule has 14 heavy (non-hydrogen) atoms. The topological polar surface area (TPSA) is 84.9 Å². The van der Waals surface area contributed by atoms with Gasteiger partial charge in [0.25, 0.3) is 0 Å². The number of rotatable bonds is 2. The van der Waals surface area contributed by atoms with E-state index in [1.807, 2.05) is 6.07 Å². The number of furan rings is 1. The molecule has 0 radical (unpaired) electrons. The first-order valence-corrected chi connectivity index (χ1v) is 4.12. The average molecular weight is 191 g/mol. The molecule has 0 aliphatic heterocycles. The molecule has 0 saturated carbocycles. The van der Waals surface area contributed by atoms with E-state index in [4.69, 9.17) is 10.2 Å². The first kappa shape index (κ1) is 8.55. The standard InChI is InChI=1S/C9H9N3O2/c10-8-6(5-11-9(13)12-8)4-7-2-1-3-14-7/h1-3,5H,4H2,(H3,10,11,12,13). The number of nitrogens with zero attached hydrogens (tertiary/aromatic N) is 1. The third-order valence-corrected chi connectivity index (χ3v) is 1.87. The minimum atomic E-state index is -0.439. The number of anilines is 1. The van der Waals surface area contributed by atoms with E-state index < -0.39 is 5.69 Å². The molecule has 2 rings (SSSR count). The molecule has 0 unspecified atom stereocenters. The van der Waals surface area contributed by atoms with Crippen molar-refractivity contribution < 1.29 is 4.42 Å². The maximum Gasteiger partial charge on any atom is 0.346 e. The minimum absolute atomic E-state index is 0.335. The molecule has 2 aromatic heterocycles. The Balaban J connectivity index is 2.30. The van der Waals surface area contributed by atoms with Gasteiger partial charge < -0.3 is 10.2 Å². The molecule has 0 fully saturated rings. The Morgan fingerprint density at radius 3 is 3.07 bits per heavy atom. The van der Waals surface area contributed by atoms with Gasteiger partial charge in [0.05, 0.1) is 6.26 Å². The Morgan fingerprint density at radius 2 is 2.43 bits per heavy atom. The molecule has 5 heteroatoms. The fourth-order valence-electron chi connectivity index (χ4n) is 1.18. The van der Waals surface area contributed by atoms with Crippen molar-refractivity contribution >= 4 is 5.82 Å². The number of hydrogen-bond donors (Lipinski definition) is 2. The van der Waals surface area contributed by atoms with Crippen molar-refractivity contribution in [2.24, 2.45) is 0 Å². The van der Waals surface area contributed by atoms with Crippen LogP contribution in [0.5, 0.6) is 0 Å². The van der Waals surface area contributed by atoms with E-state index in [0.717, 1.165) is 11.3 Å². The van der Waals surface area contributed by atoms with E-state index in [-0.39, 0.29) is 0 Å². The Morgan fingerprint density at radius 1 is 1.57 bits per heavy atom. The quantitative estimate of drug-likeness (QED) is 0.725. The zero-order valence-corrected chi connectivity index (χ0v) is 7.36. The van der Waals surface area contributed by atoms with E-state index in [9.17, 15) is 4.79 Å². The number of hydrogen-bond acceptors (Lipinski definition) is 4. The average Bonchev–Trinajstić information content (AvgIpc) is 2.62. The summed E-state index contributed by atoms with van der Waals surface area (Å²) in [7, 11) is 0. The Hall–Kier alpha value is -2.04. The number of nitrogens with one attached hydrogen (secondary N) is 1. The van der Waals surface area contributed by atoms with Crippen molar-refractivity contribution in [2.75, 3.05) is 5.73 Å². The van der Waals surface area contributed by atoms with Crippen LogP contribution >= 0.6 is 0 Å². The van der Waals surface area contributed by atoms with Crippen LogP contribution in [0.4, 0.5) is 5.82 Å². The lowest BCUT2D eigenvalue weighted by molar-refractivity contribution is 0.520. The summed E-state index contributed by atoms with van der Waals surface area (Å²) in [5.41, 5.74) is 5.91. The Labute approximate surface area is 79.6 Å². The summed E-state index contributed by atoms with van der Waals surface area (Å²) in [5.74, 6) is 1.12. The predicted octanol–water partition coefficient (Wildman–Crippen LogP) is 0.536. The van der Waals surface area contributed by atoms with Crippen LogP contribution in [-0.4, -0.2) is 9.97 Å². The lowest BCUT2D eigenvalue weighted by Crippen LogP contribution is -2.14. The highest BCUT2D eigenvalue weighted by molar-refractivity contribution is 5.38. The van der Waals surface area contributed by atoms with Crippen molar-refractivity contribution in [1.29, 1.82) is 0 Å². The normalized spacial score (nSPS) is 10.3. The van der Waals surface area contributed by atoms with Gasteiger partial charge in [0, 0.05) is 18.2 Å². The maximum atomic E-state index is 10.8. The molecular formula is C9H9N3O2. The van der Waals surface area contributed by atoms with Gasteiger partial charge >= 0.3 is 5.69 Å². The molecular weight excluding hydrogens is 182 g/mol.